The van der Waals surface area contributed by atoms with E-state index in [0.717, 1.165) is 43.4 Å². The molecular weight excluding hydrogens is 615 g/mol. The number of nitrogens with zero attached hydrogens (tertiary/aromatic N) is 2. The van der Waals surface area contributed by atoms with E-state index < -0.39 is 45.3 Å². The van der Waals surface area contributed by atoms with Crippen LogP contribution in [0.2, 0.25) is 5.02 Å². The smallest absolute Gasteiger partial charge is 0.352 e. The van der Waals surface area contributed by atoms with Gasteiger partial charge in [-0.05, 0) is 61.6 Å². The molecule has 1 saturated carbocycles. The summed E-state index contributed by atoms with van der Waals surface area (Å²) in [7, 11) is -4.52. The first-order valence-electron chi connectivity index (χ1n) is 14.5. The summed E-state index contributed by atoms with van der Waals surface area (Å²) in [5, 5.41) is 2.42. The zero-order chi connectivity index (χ0) is 31.9. The Kier molecular flexibility index (Phi) is 11.0. The van der Waals surface area contributed by atoms with Crippen molar-refractivity contribution in [2.45, 2.75) is 68.6 Å². The second kappa shape index (κ2) is 14.5. The SMILES string of the molecule is CC[C@@H](C(=O)NC1CCCC1)N(CCc1ccccc1)C(=O)CN(c1ccc(Cl)c(C(F)(F)F)c1)S(=O)(=O)c1ccccc1. The first kappa shape index (κ1) is 33.3. The third-order valence-corrected chi connectivity index (χ3v) is 9.84. The molecule has 0 spiro atoms. The molecule has 0 saturated heterocycles. The molecule has 0 aliphatic heterocycles. The van der Waals surface area contributed by atoms with Crippen molar-refractivity contribution < 1.29 is 31.2 Å². The van der Waals surface area contributed by atoms with Crippen molar-refractivity contribution in [2.24, 2.45) is 0 Å². The van der Waals surface area contributed by atoms with E-state index in [9.17, 15) is 31.2 Å². The van der Waals surface area contributed by atoms with Crippen molar-refractivity contribution in [1.29, 1.82) is 0 Å². The van der Waals surface area contributed by atoms with Crippen molar-refractivity contribution in [2.75, 3.05) is 17.4 Å². The summed E-state index contributed by atoms with van der Waals surface area (Å²) in [6, 6.07) is 18.2. The quantitative estimate of drug-likeness (QED) is 0.244. The first-order chi connectivity index (χ1) is 20.9. The van der Waals surface area contributed by atoms with Crippen LogP contribution < -0.4 is 9.62 Å². The number of carbonyl (C=O) groups excluding carboxylic acids is 2. The van der Waals surface area contributed by atoms with Crippen LogP contribution in [0.3, 0.4) is 0 Å². The Morgan fingerprint density at radius 2 is 1.59 bits per heavy atom. The maximum atomic E-state index is 14.1. The van der Waals surface area contributed by atoms with Gasteiger partial charge in [-0.25, -0.2) is 8.42 Å². The summed E-state index contributed by atoms with van der Waals surface area (Å²) in [4.78, 5) is 28.7. The van der Waals surface area contributed by atoms with Crippen LogP contribution in [0.4, 0.5) is 18.9 Å². The molecule has 1 aliphatic carbocycles. The minimum absolute atomic E-state index is 0.00700. The number of nitrogens with one attached hydrogen (secondary N) is 1. The number of anilines is 1. The fraction of sp³-hybridized carbons (Fsp3) is 0.375. The largest absolute Gasteiger partial charge is 0.417 e. The lowest BCUT2D eigenvalue weighted by Gasteiger charge is -2.34. The van der Waals surface area contributed by atoms with E-state index in [1.165, 1.54) is 29.2 Å². The Balaban J connectivity index is 1.73. The predicted octanol–water partition coefficient (Wildman–Crippen LogP) is 6.46. The summed E-state index contributed by atoms with van der Waals surface area (Å²) in [5.41, 5.74) is -0.719. The van der Waals surface area contributed by atoms with E-state index in [1.807, 2.05) is 30.3 Å². The average molecular weight is 650 g/mol. The molecule has 1 aliphatic rings. The number of benzene rings is 3. The maximum absolute atomic E-state index is 14.1. The van der Waals surface area contributed by atoms with Crippen molar-refractivity contribution in [3.63, 3.8) is 0 Å². The standard InChI is InChI=1S/C32H35ClF3N3O4S/c1-2-29(31(41)37-24-13-9-10-14-24)38(20-19-23-11-5-3-6-12-23)30(40)22-39(44(42,43)26-15-7-4-8-16-26)25-17-18-28(33)27(21-25)32(34,35)36/h3-8,11-12,15-18,21,24,29H,2,9-10,13-14,19-20,22H2,1H3,(H,37,41)/t29-/m0/s1. The molecule has 12 heteroatoms. The summed E-state index contributed by atoms with van der Waals surface area (Å²) in [5.74, 6) is -1.07. The number of carbonyl (C=O) groups is 2. The van der Waals surface area contributed by atoms with Crippen molar-refractivity contribution in [1.82, 2.24) is 10.2 Å². The Morgan fingerprint density at radius 3 is 2.18 bits per heavy atom. The van der Waals surface area contributed by atoms with Gasteiger partial charge in [0, 0.05) is 12.6 Å². The highest BCUT2D eigenvalue weighted by molar-refractivity contribution is 7.92. The zero-order valence-electron chi connectivity index (χ0n) is 24.3. The van der Waals surface area contributed by atoms with Gasteiger partial charge in [0.25, 0.3) is 10.0 Å². The van der Waals surface area contributed by atoms with Gasteiger partial charge in [-0.1, -0.05) is 79.9 Å². The van der Waals surface area contributed by atoms with Crippen LogP contribution in [-0.2, 0) is 32.2 Å². The molecule has 0 aromatic heterocycles. The lowest BCUT2D eigenvalue weighted by molar-refractivity contribution is -0.139. The molecular formula is C32H35ClF3N3O4S. The first-order valence-corrected chi connectivity index (χ1v) is 16.3. The number of halogens is 4. The number of hydrogen-bond donors (Lipinski definition) is 1. The minimum Gasteiger partial charge on any atom is -0.352 e. The van der Waals surface area contributed by atoms with Crippen molar-refractivity contribution >= 4 is 39.1 Å². The molecule has 3 aromatic carbocycles. The van der Waals surface area contributed by atoms with Gasteiger partial charge in [0.2, 0.25) is 11.8 Å². The number of amides is 2. The monoisotopic (exact) mass is 649 g/mol. The van der Waals surface area contributed by atoms with Gasteiger partial charge in [-0.3, -0.25) is 13.9 Å². The summed E-state index contributed by atoms with van der Waals surface area (Å²) in [6.45, 7) is 1.01. The number of hydrogen-bond acceptors (Lipinski definition) is 4. The minimum atomic E-state index is -4.87. The van der Waals surface area contributed by atoms with Crippen LogP contribution in [0.15, 0.2) is 83.8 Å². The van der Waals surface area contributed by atoms with Gasteiger partial charge in [-0.2, -0.15) is 13.2 Å². The van der Waals surface area contributed by atoms with Gasteiger partial charge in [-0.15, -0.1) is 0 Å². The normalized spacial score (nSPS) is 14.7. The Bertz CT molecular complexity index is 1530. The predicted molar refractivity (Wildman–Crippen MR) is 164 cm³/mol. The van der Waals surface area contributed by atoms with E-state index in [4.69, 9.17) is 11.6 Å². The molecule has 1 fully saturated rings. The van der Waals surface area contributed by atoms with E-state index in [2.05, 4.69) is 5.32 Å². The molecule has 3 aromatic rings. The van der Waals surface area contributed by atoms with Crippen molar-refractivity contribution in [3.8, 4) is 0 Å². The third-order valence-electron chi connectivity index (χ3n) is 7.73. The van der Waals surface area contributed by atoms with Crippen molar-refractivity contribution in [3.05, 3.63) is 95.0 Å². The van der Waals surface area contributed by atoms with E-state index >= 15 is 0 Å². The topological polar surface area (TPSA) is 86.8 Å². The summed E-state index contributed by atoms with van der Waals surface area (Å²) < 4.78 is 69.8. The highest BCUT2D eigenvalue weighted by Gasteiger charge is 2.37. The van der Waals surface area contributed by atoms with Crippen LogP contribution in [0.1, 0.15) is 50.2 Å². The Morgan fingerprint density at radius 1 is 0.977 bits per heavy atom. The summed E-state index contributed by atoms with van der Waals surface area (Å²) >= 11 is 5.83. The second-order valence-electron chi connectivity index (χ2n) is 10.7. The maximum Gasteiger partial charge on any atom is 0.417 e. The molecule has 236 valence electrons. The van der Waals surface area contributed by atoms with Gasteiger partial charge >= 0.3 is 6.18 Å². The molecule has 0 bridgehead atoms. The average Bonchev–Trinajstić information content (AvgIpc) is 3.51. The number of rotatable bonds is 12. The summed E-state index contributed by atoms with van der Waals surface area (Å²) in [6.07, 6.45) is -0.583. The van der Waals surface area contributed by atoms with Crippen LogP contribution in [0.25, 0.3) is 0 Å². The van der Waals surface area contributed by atoms with Gasteiger partial charge in [0.1, 0.15) is 12.6 Å². The van der Waals surface area contributed by atoms with Crippen LogP contribution in [0.5, 0.6) is 0 Å². The van der Waals surface area contributed by atoms with Gasteiger partial charge in [0.05, 0.1) is 21.2 Å². The molecule has 0 heterocycles. The van der Waals surface area contributed by atoms with E-state index in [1.54, 1.807) is 13.0 Å². The van der Waals surface area contributed by atoms with E-state index in [-0.39, 0.29) is 35.5 Å². The van der Waals surface area contributed by atoms with Gasteiger partial charge < -0.3 is 10.2 Å². The number of alkyl halides is 3. The highest BCUT2D eigenvalue weighted by Crippen LogP contribution is 2.38. The molecule has 44 heavy (non-hydrogen) atoms. The zero-order valence-corrected chi connectivity index (χ0v) is 25.8. The lowest BCUT2D eigenvalue weighted by atomic mass is 10.1. The third kappa shape index (κ3) is 8.12. The molecule has 1 N–H and O–H groups in total. The molecule has 0 unspecified atom stereocenters. The Labute approximate surface area is 261 Å². The highest BCUT2D eigenvalue weighted by atomic mass is 35.5. The van der Waals surface area contributed by atoms with Crippen LogP contribution in [0, 0.1) is 0 Å². The number of sulfonamides is 1. The van der Waals surface area contributed by atoms with Crippen LogP contribution in [-0.4, -0.2) is 50.3 Å². The molecule has 4 rings (SSSR count). The fourth-order valence-corrected chi connectivity index (χ4v) is 7.05. The lowest BCUT2D eigenvalue weighted by Crippen LogP contribution is -2.54. The fourth-order valence-electron chi connectivity index (χ4n) is 5.40. The molecule has 2 amide bonds. The molecule has 7 nitrogen and oxygen atoms in total. The second-order valence-corrected chi connectivity index (χ2v) is 13.0. The Hall–Kier alpha value is -3.57. The van der Waals surface area contributed by atoms with Gasteiger partial charge in [0.15, 0.2) is 0 Å². The van der Waals surface area contributed by atoms with Crippen LogP contribution >= 0.6 is 11.6 Å². The van der Waals surface area contributed by atoms with E-state index in [0.29, 0.717) is 16.8 Å². The molecule has 0 radical (unpaired) electrons. The molecule has 1 atom stereocenters.